The highest BCUT2D eigenvalue weighted by atomic mass is 32.2. The highest BCUT2D eigenvalue weighted by Crippen LogP contribution is 2.50. The van der Waals surface area contributed by atoms with E-state index in [0.717, 1.165) is 43.0 Å². The minimum Gasteiger partial charge on any atom is -0.357 e. The predicted octanol–water partition coefficient (Wildman–Crippen LogP) is 8.46. The fourth-order valence-corrected chi connectivity index (χ4v) is 8.64. The SMILES string of the molecule is C1=CC2=C(CC1)C(C1CCC1)Cc1c2ccc2c(C3=NCCS3)c(-c3ccc(N4CCCCC4)nc3)ccc12. The van der Waals surface area contributed by atoms with Gasteiger partial charge < -0.3 is 4.90 Å². The molecule has 0 N–H and O–H groups in total. The second-order valence-electron chi connectivity index (χ2n) is 12.0. The van der Waals surface area contributed by atoms with E-state index in [4.69, 9.17) is 9.98 Å². The Morgan fingerprint density at radius 2 is 1.74 bits per heavy atom. The normalized spacial score (nSPS) is 23.0. The first-order valence-electron chi connectivity index (χ1n) is 15.2. The van der Waals surface area contributed by atoms with Crippen LogP contribution in [0.1, 0.15) is 68.1 Å². The summed E-state index contributed by atoms with van der Waals surface area (Å²) < 4.78 is 0. The number of anilines is 1. The highest BCUT2D eigenvalue weighted by molar-refractivity contribution is 8.14. The Bertz CT molecular complexity index is 1520. The zero-order valence-corrected chi connectivity index (χ0v) is 23.6. The van der Waals surface area contributed by atoms with E-state index in [0.29, 0.717) is 0 Å². The molecule has 3 aliphatic carbocycles. The summed E-state index contributed by atoms with van der Waals surface area (Å²) in [5.41, 5.74) is 10.1. The molecule has 2 fully saturated rings. The van der Waals surface area contributed by atoms with Crippen LogP contribution in [0.2, 0.25) is 0 Å². The van der Waals surface area contributed by atoms with Gasteiger partial charge in [0.05, 0.1) is 5.04 Å². The molecule has 198 valence electrons. The molecule has 0 spiro atoms. The maximum Gasteiger partial charge on any atom is 0.128 e. The summed E-state index contributed by atoms with van der Waals surface area (Å²) in [5, 5.41) is 4.02. The Balaban J connectivity index is 1.26. The molecular weight excluding hydrogens is 494 g/mol. The first kappa shape index (κ1) is 24.0. The van der Waals surface area contributed by atoms with Gasteiger partial charge in [-0.25, -0.2) is 4.98 Å². The van der Waals surface area contributed by atoms with Gasteiger partial charge >= 0.3 is 0 Å². The van der Waals surface area contributed by atoms with Crippen molar-refractivity contribution in [2.75, 3.05) is 30.3 Å². The Labute approximate surface area is 236 Å². The predicted molar refractivity (Wildman–Crippen MR) is 167 cm³/mol. The van der Waals surface area contributed by atoms with E-state index in [1.54, 1.807) is 11.1 Å². The molecule has 1 aromatic heterocycles. The Hall–Kier alpha value is -2.85. The van der Waals surface area contributed by atoms with Crippen molar-refractivity contribution in [2.45, 2.75) is 57.8 Å². The van der Waals surface area contributed by atoms with Gasteiger partial charge in [-0.1, -0.05) is 48.4 Å². The summed E-state index contributed by atoms with van der Waals surface area (Å²) >= 11 is 1.92. The van der Waals surface area contributed by atoms with Crippen molar-refractivity contribution in [3.8, 4) is 11.1 Å². The summed E-state index contributed by atoms with van der Waals surface area (Å²) in [5.74, 6) is 3.80. The molecule has 3 aromatic rings. The van der Waals surface area contributed by atoms with Crippen molar-refractivity contribution in [3.05, 3.63) is 77.0 Å². The number of aromatic nitrogens is 1. The van der Waals surface area contributed by atoms with Crippen LogP contribution in [0, 0.1) is 11.8 Å². The van der Waals surface area contributed by atoms with E-state index in [1.165, 1.54) is 101 Å². The number of aliphatic imine (C=N–C) groups is 1. The molecule has 2 aromatic carbocycles. The smallest absolute Gasteiger partial charge is 0.128 e. The highest BCUT2D eigenvalue weighted by Gasteiger charge is 2.36. The molecule has 0 radical (unpaired) electrons. The molecule has 3 heterocycles. The number of thioether (sulfide) groups is 1. The van der Waals surface area contributed by atoms with Crippen molar-refractivity contribution in [1.29, 1.82) is 0 Å². The quantitative estimate of drug-likeness (QED) is 0.338. The molecule has 39 heavy (non-hydrogen) atoms. The average Bonchev–Trinajstić information content (AvgIpc) is 3.51. The molecule has 1 saturated heterocycles. The number of allylic oxidation sites excluding steroid dienone is 4. The number of nitrogens with zero attached hydrogens (tertiary/aromatic N) is 3. The number of pyridine rings is 1. The molecule has 1 atom stereocenters. The Kier molecular flexibility index (Phi) is 6.13. The van der Waals surface area contributed by atoms with Gasteiger partial charge in [-0.2, -0.15) is 0 Å². The number of hydrogen-bond donors (Lipinski definition) is 0. The molecule has 3 nitrogen and oxygen atoms in total. The first-order valence-corrected chi connectivity index (χ1v) is 16.2. The van der Waals surface area contributed by atoms with Crippen LogP contribution in [0.4, 0.5) is 5.82 Å². The fraction of sp³-hybridized carbons (Fsp3) is 0.429. The third-order valence-corrected chi connectivity index (χ3v) is 10.9. The molecule has 8 rings (SSSR count). The maximum absolute atomic E-state index is 5.01. The average molecular weight is 532 g/mol. The van der Waals surface area contributed by atoms with Crippen LogP contribution in [0.15, 0.2) is 65.3 Å². The van der Waals surface area contributed by atoms with E-state index in [1.807, 2.05) is 11.8 Å². The van der Waals surface area contributed by atoms with E-state index in [-0.39, 0.29) is 0 Å². The minimum absolute atomic E-state index is 0.727. The van der Waals surface area contributed by atoms with E-state index in [9.17, 15) is 0 Å². The lowest BCUT2D eigenvalue weighted by molar-refractivity contribution is 0.227. The molecule has 0 bridgehead atoms. The van der Waals surface area contributed by atoms with E-state index < -0.39 is 0 Å². The zero-order chi connectivity index (χ0) is 25.8. The minimum atomic E-state index is 0.727. The largest absolute Gasteiger partial charge is 0.357 e. The number of piperidine rings is 1. The monoisotopic (exact) mass is 531 g/mol. The zero-order valence-electron chi connectivity index (χ0n) is 22.8. The van der Waals surface area contributed by atoms with Crippen LogP contribution < -0.4 is 4.90 Å². The second-order valence-corrected chi connectivity index (χ2v) is 13.1. The van der Waals surface area contributed by atoms with Gasteiger partial charge in [0, 0.05) is 42.7 Å². The van der Waals surface area contributed by atoms with Crippen LogP contribution in [-0.4, -0.2) is 35.4 Å². The lowest BCUT2D eigenvalue weighted by Gasteiger charge is -2.41. The molecule has 4 heteroatoms. The van der Waals surface area contributed by atoms with Gasteiger partial charge in [-0.05, 0) is 108 Å². The summed E-state index contributed by atoms with van der Waals surface area (Å²) in [6, 6.07) is 14.2. The van der Waals surface area contributed by atoms with Crippen LogP contribution in [0.25, 0.3) is 27.5 Å². The van der Waals surface area contributed by atoms with Crippen LogP contribution >= 0.6 is 11.8 Å². The molecule has 2 aliphatic heterocycles. The standard InChI is InChI=1S/C35H37N3S/c1-4-18-38(19-5-1)33-16-11-24(22-37-33)25-12-13-29-30(34(25)35-36-17-20-39-35)15-14-28-26-9-2-3-10-27(26)31(21-32(28)29)23-7-6-8-23/h2,9,11-16,22-23,31H,1,3-8,10,17-21H2. The number of fused-ring (bicyclic) bond motifs is 4. The van der Waals surface area contributed by atoms with Gasteiger partial charge in [0.25, 0.3) is 0 Å². The lowest BCUT2D eigenvalue weighted by atomic mass is 9.64. The summed E-state index contributed by atoms with van der Waals surface area (Å²) in [4.78, 5) is 12.4. The number of hydrogen-bond acceptors (Lipinski definition) is 4. The number of benzene rings is 2. The topological polar surface area (TPSA) is 28.5 Å². The van der Waals surface area contributed by atoms with Crippen molar-refractivity contribution in [1.82, 2.24) is 4.98 Å². The van der Waals surface area contributed by atoms with Gasteiger partial charge in [-0.3, -0.25) is 4.99 Å². The van der Waals surface area contributed by atoms with Crippen molar-refractivity contribution < 1.29 is 0 Å². The molecule has 5 aliphatic rings. The molecular formula is C35H37N3S. The van der Waals surface area contributed by atoms with Gasteiger partial charge in [0.2, 0.25) is 0 Å². The second kappa shape index (κ2) is 9.96. The number of rotatable bonds is 4. The lowest BCUT2D eigenvalue weighted by Crippen LogP contribution is -2.30. The van der Waals surface area contributed by atoms with Crippen molar-refractivity contribution in [2.24, 2.45) is 16.8 Å². The summed E-state index contributed by atoms with van der Waals surface area (Å²) in [6.07, 6.45) is 18.7. The molecule has 1 saturated carbocycles. The van der Waals surface area contributed by atoms with Gasteiger partial charge in [-0.15, -0.1) is 11.8 Å². The van der Waals surface area contributed by atoms with E-state index in [2.05, 4.69) is 59.6 Å². The Morgan fingerprint density at radius 3 is 2.51 bits per heavy atom. The molecule has 1 unspecified atom stereocenters. The maximum atomic E-state index is 5.01. The molecule has 0 amide bonds. The van der Waals surface area contributed by atoms with Crippen molar-refractivity contribution in [3.63, 3.8) is 0 Å². The van der Waals surface area contributed by atoms with Crippen LogP contribution in [0.3, 0.4) is 0 Å². The van der Waals surface area contributed by atoms with E-state index >= 15 is 0 Å². The summed E-state index contributed by atoms with van der Waals surface area (Å²) in [7, 11) is 0. The Morgan fingerprint density at radius 1 is 0.872 bits per heavy atom. The third kappa shape index (κ3) is 4.09. The fourth-order valence-electron chi connectivity index (χ4n) is 7.72. The van der Waals surface area contributed by atoms with Gasteiger partial charge in [0.1, 0.15) is 5.82 Å². The van der Waals surface area contributed by atoms with Crippen LogP contribution in [0.5, 0.6) is 0 Å². The first-order chi connectivity index (χ1) is 19.3. The van der Waals surface area contributed by atoms with Crippen molar-refractivity contribution >= 4 is 39.0 Å². The van der Waals surface area contributed by atoms with Crippen LogP contribution in [-0.2, 0) is 6.42 Å². The third-order valence-electron chi connectivity index (χ3n) is 9.94. The summed E-state index contributed by atoms with van der Waals surface area (Å²) in [6.45, 7) is 3.17. The van der Waals surface area contributed by atoms with Gasteiger partial charge in [0.15, 0.2) is 0 Å².